The van der Waals surface area contributed by atoms with Crippen LogP contribution in [0.15, 0.2) is 92.0 Å². The molecule has 0 atom stereocenters. The van der Waals surface area contributed by atoms with Crippen molar-refractivity contribution in [3.63, 3.8) is 0 Å². The molecule has 1 aliphatic carbocycles. The summed E-state index contributed by atoms with van der Waals surface area (Å²) in [6.45, 7) is 12.6. The van der Waals surface area contributed by atoms with Gasteiger partial charge in [0.1, 0.15) is 5.75 Å². The van der Waals surface area contributed by atoms with Gasteiger partial charge in [-0.15, -0.1) is 13.2 Å². The number of phenolic OH excluding ortho intramolecular Hbond substituents is 1. The van der Waals surface area contributed by atoms with Crippen LogP contribution < -0.4 is 0 Å². The van der Waals surface area contributed by atoms with E-state index in [-0.39, 0.29) is 12.4 Å². The summed E-state index contributed by atoms with van der Waals surface area (Å²) >= 11 is 0. The number of piperidine rings is 1. The lowest BCUT2D eigenvalue weighted by molar-refractivity contribution is 0.203. The molecule has 0 aromatic heterocycles. The minimum atomic E-state index is 0.165. The van der Waals surface area contributed by atoms with Gasteiger partial charge in [0.05, 0.1) is 0 Å². The normalized spacial score (nSPS) is 16.4. The van der Waals surface area contributed by atoms with Crippen LogP contribution in [0, 0.1) is 0 Å². The number of aliphatic hydroxyl groups excluding tert-OH is 1. The Labute approximate surface area is 230 Å². The summed E-state index contributed by atoms with van der Waals surface area (Å²) in [7, 11) is 0. The Morgan fingerprint density at radius 3 is 2.03 bits per heavy atom. The Bertz CT molecular complexity index is 1120. The highest BCUT2D eigenvalue weighted by Crippen LogP contribution is 2.39. The quantitative estimate of drug-likeness (QED) is 0.236. The summed E-state index contributed by atoms with van der Waals surface area (Å²) in [6.07, 6.45) is 6.74. The molecule has 3 aromatic rings. The van der Waals surface area contributed by atoms with E-state index in [9.17, 15) is 10.2 Å². The van der Waals surface area contributed by atoms with Crippen LogP contribution in [0.3, 0.4) is 0 Å². The molecule has 3 nitrogen and oxygen atoms in total. The fourth-order valence-corrected chi connectivity index (χ4v) is 5.44. The van der Waals surface area contributed by atoms with Crippen LogP contribution in [-0.2, 0) is 0 Å². The van der Waals surface area contributed by atoms with Crippen molar-refractivity contribution in [3.05, 3.63) is 114 Å². The first-order valence-corrected chi connectivity index (χ1v) is 14.3. The molecule has 2 N–H and O–H groups in total. The number of benzene rings is 3. The maximum Gasteiger partial charge on any atom is 0.115 e. The van der Waals surface area contributed by atoms with Gasteiger partial charge in [-0.3, -0.25) is 0 Å². The summed E-state index contributed by atoms with van der Waals surface area (Å²) in [4.78, 5) is 2.69. The van der Waals surface area contributed by atoms with E-state index in [1.807, 2.05) is 32.0 Å². The molecule has 0 bridgehead atoms. The van der Waals surface area contributed by atoms with Crippen LogP contribution in [0.2, 0.25) is 0 Å². The summed E-state index contributed by atoms with van der Waals surface area (Å²) in [5.74, 6) is 0.879. The van der Waals surface area contributed by atoms with Crippen molar-refractivity contribution in [2.24, 2.45) is 0 Å². The minimum absolute atomic E-state index is 0.165. The summed E-state index contributed by atoms with van der Waals surface area (Å²) in [5, 5.41) is 19.6. The zero-order valence-corrected chi connectivity index (χ0v) is 23.3. The van der Waals surface area contributed by atoms with Crippen LogP contribution in [-0.4, -0.2) is 40.9 Å². The molecule has 5 rings (SSSR count). The first-order valence-electron chi connectivity index (χ1n) is 14.3. The third-order valence-electron chi connectivity index (χ3n) is 7.40. The smallest absolute Gasteiger partial charge is 0.115 e. The highest BCUT2D eigenvalue weighted by Gasteiger charge is 2.32. The standard InChI is InChI=1S/C31H35NO2.C2H6.C2H4/c33-21-5-10-30(24-6-2-1-3-7-24)31(25-11-15-29(34)16-12-25)27-9-4-8-26(22-27)23-17-19-32(20-18-23)28-13-14-28;2*1-2/h1-4,6-9,11-12,15-16,22-23,28,33-34H,5,10,13-14,17-21H2;1-2H3;1-2H2/b31-30-;;. The number of nitrogens with zero attached hydrogens (tertiary/aromatic N) is 1. The maximum absolute atomic E-state index is 9.93. The SMILES string of the molecule is C=C.CC.OCCC/C(=C(\c1ccc(O)cc1)c1cccc(C2CCN(C3CC3)CC2)c1)c1ccccc1. The van der Waals surface area contributed by atoms with Crippen molar-refractivity contribution in [1.29, 1.82) is 0 Å². The minimum Gasteiger partial charge on any atom is -0.508 e. The molecule has 2 fully saturated rings. The van der Waals surface area contributed by atoms with Crippen molar-refractivity contribution in [2.45, 2.75) is 64.3 Å². The zero-order valence-electron chi connectivity index (χ0n) is 23.3. The predicted molar refractivity (Wildman–Crippen MR) is 162 cm³/mol. The van der Waals surface area contributed by atoms with Gasteiger partial charge in [0, 0.05) is 12.6 Å². The second kappa shape index (κ2) is 15.3. The molecule has 2 aliphatic rings. The number of phenols is 1. The highest BCUT2D eigenvalue weighted by atomic mass is 16.3. The Balaban J connectivity index is 0.000000956. The van der Waals surface area contributed by atoms with Gasteiger partial charge in [0.15, 0.2) is 0 Å². The molecule has 0 spiro atoms. The topological polar surface area (TPSA) is 43.7 Å². The second-order valence-electron chi connectivity index (χ2n) is 9.76. The lowest BCUT2D eigenvalue weighted by Crippen LogP contribution is -2.34. The van der Waals surface area contributed by atoms with E-state index in [0.29, 0.717) is 12.3 Å². The van der Waals surface area contributed by atoms with Crippen LogP contribution in [0.25, 0.3) is 11.1 Å². The molecule has 1 aliphatic heterocycles. The van der Waals surface area contributed by atoms with Gasteiger partial charge in [0.25, 0.3) is 0 Å². The molecule has 0 radical (unpaired) electrons. The summed E-state index contributed by atoms with van der Waals surface area (Å²) in [6, 6.07) is 28.0. The number of aromatic hydroxyl groups is 1. The molecular weight excluding hydrogens is 466 g/mol. The summed E-state index contributed by atoms with van der Waals surface area (Å²) in [5.41, 5.74) is 7.35. The monoisotopic (exact) mass is 511 g/mol. The van der Waals surface area contributed by atoms with Gasteiger partial charge in [0.2, 0.25) is 0 Å². The van der Waals surface area contributed by atoms with Crippen molar-refractivity contribution in [3.8, 4) is 5.75 Å². The number of hydrogen-bond donors (Lipinski definition) is 2. The fraction of sp³-hybridized carbons (Fsp3) is 0.371. The lowest BCUT2D eigenvalue weighted by atomic mass is 9.84. The van der Waals surface area contributed by atoms with Crippen molar-refractivity contribution in [2.75, 3.05) is 19.7 Å². The van der Waals surface area contributed by atoms with Gasteiger partial charge in [-0.25, -0.2) is 0 Å². The molecule has 0 unspecified atom stereocenters. The van der Waals surface area contributed by atoms with Crippen LogP contribution in [0.1, 0.15) is 80.5 Å². The average Bonchev–Trinajstić information content (AvgIpc) is 3.85. The third kappa shape index (κ3) is 7.69. The van der Waals surface area contributed by atoms with E-state index in [4.69, 9.17) is 0 Å². The molecule has 0 amide bonds. The molecule has 1 saturated carbocycles. The Morgan fingerprint density at radius 2 is 1.42 bits per heavy atom. The largest absolute Gasteiger partial charge is 0.508 e. The second-order valence-corrected chi connectivity index (χ2v) is 9.76. The number of rotatable bonds is 8. The van der Waals surface area contributed by atoms with E-state index in [1.54, 1.807) is 12.1 Å². The molecule has 202 valence electrons. The highest BCUT2D eigenvalue weighted by molar-refractivity contribution is 5.98. The van der Waals surface area contributed by atoms with Gasteiger partial charge >= 0.3 is 0 Å². The van der Waals surface area contributed by atoms with Crippen molar-refractivity contribution < 1.29 is 10.2 Å². The predicted octanol–water partition coefficient (Wildman–Crippen LogP) is 8.29. The molecular formula is C35H45NO2. The Hall–Kier alpha value is -3.14. The van der Waals surface area contributed by atoms with Crippen molar-refractivity contribution in [1.82, 2.24) is 4.90 Å². The average molecular weight is 512 g/mol. The molecule has 1 saturated heterocycles. The molecule has 38 heavy (non-hydrogen) atoms. The van der Waals surface area contributed by atoms with Crippen LogP contribution in [0.4, 0.5) is 0 Å². The van der Waals surface area contributed by atoms with Gasteiger partial charge < -0.3 is 15.1 Å². The number of hydrogen-bond acceptors (Lipinski definition) is 3. The Kier molecular flexibility index (Phi) is 11.9. The number of allylic oxidation sites excluding steroid dienone is 1. The van der Waals surface area contributed by atoms with Crippen LogP contribution >= 0.6 is 0 Å². The van der Waals surface area contributed by atoms with Gasteiger partial charge in [-0.2, -0.15) is 0 Å². The zero-order chi connectivity index (χ0) is 27.3. The van der Waals surface area contributed by atoms with E-state index in [0.717, 1.165) is 18.0 Å². The van der Waals surface area contributed by atoms with Gasteiger partial charge in [-0.1, -0.05) is 80.6 Å². The third-order valence-corrected chi connectivity index (χ3v) is 7.40. The Morgan fingerprint density at radius 1 is 0.789 bits per heavy atom. The fourth-order valence-electron chi connectivity index (χ4n) is 5.44. The number of likely N-dealkylation sites (tertiary alicyclic amines) is 1. The van der Waals surface area contributed by atoms with E-state index < -0.39 is 0 Å². The van der Waals surface area contributed by atoms with E-state index >= 15 is 0 Å². The first-order chi connectivity index (χ1) is 18.7. The number of aliphatic hydroxyl groups is 1. The van der Waals surface area contributed by atoms with Crippen LogP contribution in [0.5, 0.6) is 5.75 Å². The van der Waals surface area contributed by atoms with Gasteiger partial charge in [-0.05, 0) is 103 Å². The molecule has 3 heteroatoms. The lowest BCUT2D eigenvalue weighted by Gasteiger charge is -2.32. The summed E-state index contributed by atoms with van der Waals surface area (Å²) < 4.78 is 0. The molecule has 3 aromatic carbocycles. The first kappa shape index (κ1) is 29.4. The van der Waals surface area contributed by atoms with Crippen molar-refractivity contribution >= 4 is 11.1 Å². The molecule has 1 heterocycles. The maximum atomic E-state index is 9.93. The van der Waals surface area contributed by atoms with E-state index in [1.165, 1.54) is 66.6 Å². The van der Waals surface area contributed by atoms with E-state index in [2.05, 4.69) is 66.6 Å².